The maximum absolute atomic E-state index is 10.2. The van der Waals surface area contributed by atoms with Crippen molar-refractivity contribution in [1.82, 2.24) is 0 Å². The van der Waals surface area contributed by atoms with E-state index in [9.17, 15) is 22.1 Å². The third-order valence-electron chi connectivity index (χ3n) is 1.16. The number of halogens is 4. The zero-order chi connectivity index (χ0) is 11.1. The van der Waals surface area contributed by atoms with E-state index in [-0.39, 0.29) is 10.9 Å². The van der Waals surface area contributed by atoms with Crippen LogP contribution in [-0.4, -0.2) is 31.3 Å². The minimum absolute atomic E-state index is 0.279. The zero-order valence-corrected chi connectivity index (χ0v) is 8.58. The zero-order valence-electron chi connectivity index (χ0n) is 7.77. The third-order valence-corrected chi connectivity index (χ3v) is 2.82. The Bertz CT molecular complexity index is 133. The molecule has 0 aromatic heterocycles. The molecule has 0 fully saturated rings. The van der Waals surface area contributed by atoms with E-state index in [1.54, 1.807) is 0 Å². The number of rotatable bonds is 3. The SMILES string of the molecule is CCC(C=O)[S+](C)C.F[B-](F)(F)F. The molecule has 0 bridgehead atoms. The van der Waals surface area contributed by atoms with Gasteiger partial charge in [-0.05, 0) is 17.3 Å². The lowest BCUT2D eigenvalue weighted by molar-refractivity contribution is -0.107. The quantitative estimate of drug-likeness (QED) is 0.308. The van der Waals surface area contributed by atoms with Crippen LogP contribution in [0.4, 0.5) is 17.3 Å². The Morgan fingerprint density at radius 1 is 1.31 bits per heavy atom. The Hall–Kier alpha value is -0.195. The second-order valence-corrected chi connectivity index (χ2v) is 4.82. The molecule has 0 saturated carbocycles. The van der Waals surface area contributed by atoms with Gasteiger partial charge in [-0.2, -0.15) is 0 Å². The standard InChI is InChI=1S/C6H13OS.BF4/c1-4-6(5-7)8(2)3;2-1(3,4)5/h5-6H,4H2,1-3H3;/q+1;-1. The maximum atomic E-state index is 10.2. The van der Waals surface area contributed by atoms with Crippen LogP contribution in [0.3, 0.4) is 0 Å². The van der Waals surface area contributed by atoms with E-state index in [0.717, 1.165) is 12.7 Å². The monoisotopic (exact) mass is 220 g/mol. The summed E-state index contributed by atoms with van der Waals surface area (Å²) in [5.41, 5.74) is 0. The molecule has 13 heavy (non-hydrogen) atoms. The van der Waals surface area contributed by atoms with Gasteiger partial charge in [-0.15, -0.1) is 0 Å². The predicted molar refractivity (Wildman–Crippen MR) is 49.5 cm³/mol. The molecule has 1 unspecified atom stereocenters. The summed E-state index contributed by atoms with van der Waals surface area (Å²) in [4.78, 5) is 10.2. The van der Waals surface area contributed by atoms with Crippen molar-refractivity contribution < 1.29 is 22.1 Å². The predicted octanol–water partition coefficient (Wildman–Crippen LogP) is 2.14. The highest BCUT2D eigenvalue weighted by molar-refractivity contribution is 7.96. The number of aldehydes is 1. The van der Waals surface area contributed by atoms with Crippen molar-refractivity contribution in [2.24, 2.45) is 0 Å². The molecule has 0 rings (SSSR count). The second kappa shape index (κ2) is 7.23. The number of hydrogen-bond acceptors (Lipinski definition) is 1. The fraction of sp³-hybridized carbons (Fsp3) is 0.833. The molecule has 0 aromatic rings. The van der Waals surface area contributed by atoms with Gasteiger partial charge in [0.1, 0.15) is 0 Å². The molecule has 0 amide bonds. The summed E-state index contributed by atoms with van der Waals surface area (Å²) in [7, 11) is -5.72. The van der Waals surface area contributed by atoms with E-state index in [0.29, 0.717) is 5.25 Å². The Balaban J connectivity index is 0. The molecule has 0 aliphatic rings. The minimum atomic E-state index is -6.00. The fourth-order valence-corrected chi connectivity index (χ4v) is 1.43. The summed E-state index contributed by atoms with van der Waals surface area (Å²) in [5, 5.41) is 0.301. The van der Waals surface area contributed by atoms with Crippen LogP contribution < -0.4 is 0 Å². The van der Waals surface area contributed by atoms with Gasteiger partial charge in [0.05, 0.1) is 12.5 Å². The molecule has 0 saturated heterocycles. The Morgan fingerprint density at radius 3 is 1.62 bits per heavy atom. The number of carbonyl (C=O) groups excluding carboxylic acids is 1. The molecular weight excluding hydrogens is 207 g/mol. The highest BCUT2D eigenvalue weighted by Gasteiger charge is 2.20. The summed E-state index contributed by atoms with van der Waals surface area (Å²) in [6.07, 6.45) is 6.24. The van der Waals surface area contributed by atoms with Crippen LogP contribution in [0.5, 0.6) is 0 Å². The Labute approximate surface area is 78.3 Å². The van der Waals surface area contributed by atoms with E-state index in [2.05, 4.69) is 12.5 Å². The van der Waals surface area contributed by atoms with Crippen molar-refractivity contribution in [3.8, 4) is 0 Å². The van der Waals surface area contributed by atoms with Crippen LogP contribution in [0.25, 0.3) is 0 Å². The number of hydrogen-bond donors (Lipinski definition) is 0. The third kappa shape index (κ3) is 18.6. The highest BCUT2D eigenvalue weighted by Crippen LogP contribution is 2.06. The second-order valence-electron chi connectivity index (χ2n) is 2.46. The van der Waals surface area contributed by atoms with E-state index in [4.69, 9.17) is 0 Å². The van der Waals surface area contributed by atoms with Crippen LogP contribution in [0.15, 0.2) is 0 Å². The molecule has 1 nitrogen and oxygen atoms in total. The summed E-state index contributed by atoms with van der Waals surface area (Å²) in [6.45, 7) is 2.05. The molecule has 1 atom stereocenters. The highest BCUT2D eigenvalue weighted by atomic mass is 32.2. The van der Waals surface area contributed by atoms with Crippen LogP contribution in [0, 0.1) is 0 Å². The number of carbonyl (C=O) groups is 1. The van der Waals surface area contributed by atoms with Crippen molar-refractivity contribution in [1.29, 1.82) is 0 Å². The maximum Gasteiger partial charge on any atom is 0.673 e. The summed E-state index contributed by atoms with van der Waals surface area (Å²) in [5.74, 6) is 0. The lowest BCUT2D eigenvalue weighted by Gasteiger charge is -2.00. The molecule has 0 heterocycles. The van der Waals surface area contributed by atoms with E-state index in [1.807, 2.05) is 6.92 Å². The molecule has 80 valence electrons. The lowest BCUT2D eigenvalue weighted by atomic mass is 10.3. The van der Waals surface area contributed by atoms with Gasteiger partial charge < -0.3 is 17.3 Å². The normalized spacial score (nSPS) is 13.2. The molecule has 0 aliphatic carbocycles. The molecule has 0 aromatic carbocycles. The molecule has 0 spiro atoms. The first-order valence-corrected chi connectivity index (χ1v) is 5.71. The Morgan fingerprint density at radius 2 is 1.62 bits per heavy atom. The van der Waals surface area contributed by atoms with E-state index < -0.39 is 7.25 Å². The van der Waals surface area contributed by atoms with Crippen molar-refractivity contribution in [2.75, 3.05) is 12.5 Å². The van der Waals surface area contributed by atoms with Crippen molar-refractivity contribution in [2.45, 2.75) is 18.6 Å². The van der Waals surface area contributed by atoms with Gasteiger partial charge in [0.2, 0.25) is 0 Å². The van der Waals surface area contributed by atoms with Crippen LogP contribution in [0.2, 0.25) is 0 Å². The summed E-state index contributed by atoms with van der Waals surface area (Å²) < 4.78 is 39.0. The summed E-state index contributed by atoms with van der Waals surface area (Å²) in [6, 6.07) is 0. The fourth-order valence-electron chi connectivity index (χ4n) is 0.541. The smallest absolute Gasteiger partial charge is 0.418 e. The summed E-state index contributed by atoms with van der Waals surface area (Å²) >= 11 is 0. The minimum Gasteiger partial charge on any atom is -0.418 e. The lowest BCUT2D eigenvalue weighted by Crippen LogP contribution is -2.18. The first-order valence-electron chi connectivity index (χ1n) is 3.61. The average Bonchev–Trinajstić information content (AvgIpc) is 1.85. The molecule has 7 heteroatoms. The molecule has 0 N–H and O–H groups in total. The van der Waals surface area contributed by atoms with Gasteiger partial charge in [0, 0.05) is 0 Å². The van der Waals surface area contributed by atoms with Gasteiger partial charge in [0.25, 0.3) is 0 Å². The first kappa shape index (κ1) is 15.3. The van der Waals surface area contributed by atoms with Gasteiger partial charge in [0.15, 0.2) is 11.5 Å². The molecule has 0 radical (unpaired) electrons. The molecular formula is C6H13BF4OS. The topological polar surface area (TPSA) is 17.1 Å². The van der Waals surface area contributed by atoms with Crippen LogP contribution in [-0.2, 0) is 15.7 Å². The van der Waals surface area contributed by atoms with Gasteiger partial charge in [-0.1, -0.05) is 6.92 Å². The molecule has 0 aliphatic heterocycles. The largest absolute Gasteiger partial charge is 0.673 e. The van der Waals surface area contributed by atoms with Crippen molar-refractivity contribution in [3.63, 3.8) is 0 Å². The van der Waals surface area contributed by atoms with Crippen LogP contribution >= 0.6 is 0 Å². The van der Waals surface area contributed by atoms with Crippen LogP contribution in [0.1, 0.15) is 13.3 Å². The van der Waals surface area contributed by atoms with E-state index in [1.165, 1.54) is 0 Å². The average molecular weight is 220 g/mol. The van der Waals surface area contributed by atoms with E-state index >= 15 is 0 Å². The van der Waals surface area contributed by atoms with Crippen molar-refractivity contribution in [3.05, 3.63) is 0 Å². The van der Waals surface area contributed by atoms with Gasteiger partial charge in [-0.25, -0.2) is 0 Å². The first-order chi connectivity index (χ1) is 5.72. The van der Waals surface area contributed by atoms with Gasteiger partial charge in [-0.3, -0.25) is 4.79 Å². The van der Waals surface area contributed by atoms with Crippen molar-refractivity contribution >= 4 is 24.4 Å². The van der Waals surface area contributed by atoms with Gasteiger partial charge >= 0.3 is 7.25 Å². The Kier molecular flexibility index (Phi) is 8.50.